The highest BCUT2D eigenvalue weighted by molar-refractivity contribution is 5.38. The topological polar surface area (TPSA) is 46.1 Å². The molecule has 1 aromatic carbocycles. The lowest BCUT2D eigenvalue weighted by Gasteiger charge is -2.20. The van der Waals surface area contributed by atoms with Crippen LogP contribution >= 0.6 is 0 Å². The maximum absolute atomic E-state index is 9.88. The van der Waals surface area contributed by atoms with E-state index in [4.69, 9.17) is 4.74 Å². The van der Waals surface area contributed by atoms with E-state index in [1.165, 1.54) is 5.56 Å². The molecule has 1 aromatic rings. The minimum atomic E-state index is -0.441. The average Bonchev–Trinajstić information content (AvgIpc) is 2.27. The van der Waals surface area contributed by atoms with Gasteiger partial charge in [-0.15, -0.1) is 0 Å². The number of rotatable bonds is 5. The molecule has 0 aliphatic heterocycles. The number of aryl methyl sites for hydroxylation is 1. The number of hydrogen-bond donors (Lipinski definition) is 2. The molecule has 102 valence electrons. The van der Waals surface area contributed by atoms with Gasteiger partial charge in [0.2, 0.25) is 0 Å². The van der Waals surface area contributed by atoms with Crippen molar-refractivity contribution in [3.63, 3.8) is 0 Å². The Bertz CT molecular complexity index is 383. The van der Waals surface area contributed by atoms with Crippen molar-refractivity contribution in [1.29, 1.82) is 0 Å². The van der Waals surface area contributed by atoms with Crippen LogP contribution in [0.5, 0.6) is 5.75 Å². The summed E-state index contributed by atoms with van der Waals surface area (Å²) in [4.78, 5) is 0. The van der Waals surface area contributed by atoms with E-state index in [9.17, 15) is 5.11 Å². The summed E-state index contributed by atoms with van der Waals surface area (Å²) in [5.74, 6) is 0.866. The highest BCUT2D eigenvalue weighted by Crippen LogP contribution is 2.20. The number of aliphatic hydroxyl groups excluding tert-OH is 1. The number of benzene rings is 1. The van der Waals surface area contributed by atoms with Gasteiger partial charge in [0.1, 0.15) is 25.0 Å². The smallest absolute Gasteiger partial charge is 0.137 e. The SMILES string of the molecule is Cc1cccc(OC[C@H](O)C[NH2+]C(C)(C)C)c1C. The van der Waals surface area contributed by atoms with Crippen LogP contribution in [0.25, 0.3) is 0 Å². The Hall–Kier alpha value is -1.06. The predicted octanol–water partition coefficient (Wildman–Crippen LogP) is 1.41. The molecule has 0 fully saturated rings. The van der Waals surface area contributed by atoms with E-state index in [2.05, 4.69) is 39.1 Å². The van der Waals surface area contributed by atoms with Crippen molar-refractivity contribution in [3.05, 3.63) is 29.3 Å². The van der Waals surface area contributed by atoms with Crippen LogP contribution in [0.3, 0.4) is 0 Å². The first-order valence-electron chi connectivity index (χ1n) is 6.51. The Kier molecular flexibility index (Phi) is 5.17. The largest absolute Gasteiger partial charge is 0.490 e. The van der Waals surface area contributed by atoms with E-state index in [-0.39, 0.29) is 5.54 Å². The molecule has 0 amide bonds. The molecule has 0 radical (unpaired) electrons. The second-order valence-corrected chi connectivity index (χ2v) is 5.97. The van der Waals surface area contributed by atoms with Gasteiger partial charge in [-0.3, -0.25) is 0 Å². The lowest BCUT2D eigenvalue weighted by molar-refractivity contribution is -0.722. The van der Waals surface area contributed by atoms with Gasteiger partial charge in [0, 0.05) is 0 Å². The van der Waals surface area contributed by atoms with Gasteiger partial charge >= 0.3 is 0 Å². The van der Waals surface area contributed by atoms with Crippen LogP contribution in [0.1, 0.15) is 31.9 Å². The first kappa shape index (κ1) is 15.0. The minimum Gasteiger partial charge on any atom is -0.490 e. The van der Waals surface area contributed by atoms with Crippen LogP contribution in [0.4, 0.5) is 0 Å². The Labute approximate surface area is 110 Å². The van der Waals surface area contributed by atoms with Gasteiger partial charge < -0.3 is 15.2 Å². The Morgan fingerprint density at radius 2 is 1.94 bits per heavy atom. The number of ether oxygens (including phenoxy) is 1. The van der Waals surface area contributed by atoms with Crippen molar-refractivity contribution in [1.82, 2.24) is 0 Å². The first-order chi connectivity index (χ1) is 8.29. The summed E-state index contributed by atoms with van der Waals surface area (Å²) in [6.07, 6.45) is -0.441. The molecule has 0 saturated heterocycles. The number of nitrogens with two attached hydrogens (primary N) is 1. The molecule has 1 atom stereocenters. The monoisotopic (exact) mass is 252 g/mol. The normalized spacial score (nSPS) is 13.4. The lowest BCUT2D eigenvalue weighted by Crippen LogP contribution is -2.96. The fourth-order valence-electron chi connectivity index (χ4n) is 1.62. The molecule has 0 heterocycles. The molecular formula is C15H26NO2+. The summed E-state index contributed by atoms with van der Waals surface area (Å²) in [6, 6.07) is 5.99. The molecule has 0 saturated carbocycles. The molecule has 0 bridgehead atoms. The molecule has 0 aromatic heterocycles. The maximum Gasteiger partial charge on any atom is 0.137 e. The quantitative estimate of drug-likeness (QED) is 0.832. The predicted molar refractivity (Wildman–Crippen MR) is 74.0 cm³/mol. The summed E-state index contributed by atoms with van der Waals surface area (Å²) in [6.45, 7) is 11.5. The van der Waals surface area contributed by atoms with Crippen LogP contribution in [0.15, 0.2) is 18.2 Å². The zero-order valence-electron chi connectivity index (χ0n) is 12.2. The summed E-state index contributed by atoms with van der Waals surface area (Å²) in [5, 5.41) is 12.0. The van der Waals surface area contributed by atoms with E-state index >= 15 is 0 Å². The fourth-order valence-corrected chi connectivity index (χ4v) is 1.62. The third-order valence-corrected chi connectivity index (χ3v) is 2.99. The van der Waals surface area contributed by atoms with Crippen LogP contribution in [-0.4, -0.2) is 29.9 Å². The molecule has 1 rings (SSSR count). The van der Waals surface area contributed by atoms with Crippen molar-refractivity contribution < 1.29 is 15.2 Å². The Morgan fingerprint density at radius 1 is 1.28 bits per heavy atom. The standard InChI is InChI=1S/C15H25NO2/c1-11-7-6-8-14(12(11)2)18-10-13(17)9-16-15(3,4)5/h6-8,13,16-17H,9-10H2,1-5H3/p+1/t13-/m1/s1. The van der Waals surface area contributed by atoms with Crippen molar-refractivity contribution in [2.75, 3.05) is 13.2 Å². The van der Waals surface area contributed by atoms with E-state index < -0.39 is 6.10 Å². The summed E-state index contributed by atoms with van der Waals surface area (Å²) in [7, 11) is 0. The van der Waals surface area contributed by atoms with Gasteiger partial charge in [0.05, 0.1) is 5.54 Å². The third kappa shape index (κ3) is 5.07. The van der Waals surface area contributed by atoms with Crippen LogP contribution in [-0.2, 0) is 0 Å². The van der Waals surface area contributed by atoms with Gasteiger partial charge in [-0.05, 0) is 51.8 Å². The van der Waals surface area contributed by atoms with Crippen LogP contribution in [0.2, 0.25) is 0 Å². The highest BCUT2D eigenvalue weighted by Gasteiger charge is 2.16. The minimum absolute atomic E-state index is 0.139. The summed E-state index contributed by atoms with van der Waals surface area (Å²) in [5.41, 5.74) is 2.49. The number of hydrogen-bond acceptors (Lipinski definition) is 2. The maximum atomic E-state index is 9.88. The van der Waals surface area contributed by atoms with Crippen molar-refractivity contribution in [2.45, 2.75) is 46.3 Å². The van der Waals surface area contributed by atoms with Gasteiger partial charge in [-0.1, -0.05) is 12.1 Å². The van der Waals surface area contributed by atoms with Gasteiger partial charge in [-0.25, -0.2) is 0 Å². The van der Waals surface area contributed by atoms with Gasteiger partial charge in [0.25, 0.3) is 0 Å². The van der Waals surface area contributed by atoms with Gasteiger partial charge in [-0.2, -0.15) is 0 Å². The zero-order chi connectivity index (χ0) is 13.8. The molecule has 18 heavy (non-hydrogen) atoms. The van der Waals surface area contributed by atoms with E-state index in [0.29, 0.717) is 13.2 Å². The number of aliphatic hydroxyl groups is 1. The molecule has 3 N–H and O–H groups in total. The van der Waals surface area contributed by atoms with Crippen molar-refractivity contribution in [3.8, 4) is 5.75 Å². The summed E-state index contributed by atoms with van der Waals surface area (Å²) >= 11 is 0. The van der Waals surface area contributed by atoms with Crippen LogP contribution in [0, 0.1) is 13.8 Å². The third-order valence-electron chi connectivity index (χ3n) is 2.99. The van der Waals surface area contributed by atoms with E-state index in [0.717, 1.165) is 11.3 Å². The molecular weight excluding hydrogens is 226 g/mol. The second kappa shape index (κ2) is 6.21. The molecule has 0 aliphatic carbocycles. The first-order valence-corrected chi connectivity index (χ1v) is 6.51. The molecule has 3 nitrogen and oxygen atoms in total. The van der Waals surface area contributed by atoms with Crippen LogP contribution < -0.4 is 10.1 Å². The van der Waals surface area contributed by atoms with Crippen molar-refractivity contribution in [2.24, 2.45) is 0 Å². The summed E-state index contributed by atoms with van der Waals surface area (Å²) < 4.78 is 5.67. The second-order valence-electron chi connectivity index (χ2n) is 5.97. The lowest BCUT2D eigenvalue weighted by atomic mass is 10.1. The molecule has 3 heteroatoms. The zero-order valence-corrected chi connectivity index (χ0v) is 12.2. The van der Waals surface area contributed by atoms with E-state index in [1.54, 1.807) is 0 Å². The Morgan fingerprint density at radius 3 is 2.56 bits per heavy atom. The average molecular weight is 252 g/mol. The molecule has 0 unspecified atom stereocenters. The van der Waals surface area contributed by atoms with E-state index in [1.807, 2.05) is 19.1 Å². The Balaban J connectivity index is 2.43. The molecule has 0 spiro atoms. The fraction of sp³-hybridized carbons (Fsp3) is 0.600. The van der Waals surface area contributed by atoms with Gasteiger partial charge in [0.15, 0.2) is 0 Å². The molecule has 0 aliphatic rings. The highest BCUT2D eigenvalue weighted by atomic mass is 16.5. The van der Waals surface area contributed by atoms with Crippen molar-refractivity contribution >= 4 is 0 Å². The number of quaternary nitrogens is 1.